The Morgan fingerprint density at radius 2 is 1.81 bits per heavy atom. The molecule has 132 valence electrons. The van der Waals surface area contributed by atoms with E-state index in [1.54, 1.807) is 18.2 Å². The van der Waals surface area contributed by atoms with Gasteiger partial charge in [-0.2, -0.15) is 0 Å². The van der Waals surface area contributed by atoms with Gasteiger partial charge in [0.15, 0.2) is 11.5 Å². The first kappa shape index (κ1) is 17.2. The lowest BCUT2D eigenvalue weighted by Gasteiger charge is -2.12. The van der Waals surface area contributed by atoms with Crippen LogP contribution in [0.15, 0.2) is 42.5 Å². The molecular weight excluding hydrogens is 340 g/mol. The fraction of sp³-hybridized carbons (Fsp3) is 0.111. The highest BCUT2D eigenvalue weighted by molar-refractivity contribution is 6.04. The van der Waals surface area contributed by atoms with Crippen molar-refractivity contribution in [2.45, 2.75) is 0 Å². The third kappa shape index (κ3) is 3.00. The van der Waals surface area contributed by atoms with Crippen molar-refractivity contribution in [1.29, 1.82) is 0 Å². The molecule has 0 saturated carbocycles. The summed E-state index contributed by atoms with van der Waals surface area (Å²) in [6.07, 6.45) is 0. The molecule has 1 N–H and O–H groups in total. The second-order valence-corrected chi connectivity index (χ2v) is 5.39. The van der Waals surface area contributed by atoms with Gasteiger partial charge in [-0.1, -0.05) is 12.1 Å². The fourth-order valence-corrected chi connectivity index (χ4v) is 2.66. The van der Waals surface area contributed by atoms with Crippen LogP contribution in [0.4, 0.5) is 5.69 Å². The summed E-state index contributed by atoms with van der Waals surface area (Å²) in [7, 11) is 2.92. The average Bonchev–Trinajstić information content (AvgIpc) is 2.65. The molecule has 0 fully saturated rings. The quantitative estimate of drug-likeness (QED) is 0.551. The van der Waals surface area contributed by atoms with E-state index in [4.69, 9.17) is 9.47 Å². The lowest BCUT2D eigenvalue weighted by molar-refractivity contribution is -0.384. The number of ether oxygens (including phenoxy) is 2. The van der Waals surface area contributed by atoms with Crippen molar-refractivity contribution in [3.05, 3.63) is 58.1 Å². The van der Waals surface area contributed by atoms with E-state index in [2.05, 4.69) is 4.98 Å². The minimum Gasteiger partial charge on any atom is -0.493 e. The molecule has 8 nitrogen and oxygen atoms in total. The highest BCUT2D eigenvalue weighted by Gasteiger charge is 2.17. The summed E-state index contributed by atoms with van der Waals surface area (Å²) in [5, 5.41) is 20.9. The van der Waals surface area contributed by atoms with E-state index in [-0.39, 0.29) is 11.3 Å². The molecule has 3 aromatic rings. The first-order valence-corrected chi connectivity index (χ1v) is 7.49. The Morgan fingerprint density at radius 1 is 1.12 bits per heavy atom. The molecule has 0 radical (unpaired) electrons. The van der Waals surface area contributed by atoms with E-state index in [9.17, 15) is 20.0 Å². The Labute approximate surface area is 147 Å². The number of hydrogen-bond donors (Lipinski definition) is 1. The second-order valence-electron chi connectivity index (χ2n) is 5.39. The average molecular weight is 354 g/mol. The number of nitro benzene ring substituents is 1. The maximum Gasteiger partial charge on any atom is 0.336 e. The number of carboxylic acids is 1. The number of benzene rings is 2. The second kappa shape index (κ2) is 6.67. The number of fused-ring (bicyclic) bond motifs is 1. The van der Waals surface area contributed by atoms with Crippen molar-refractivity contribution in [1.82, 2.24) is 4.98 Å². The Balaban J connectivity index is 2.29. The molecule has 0 aliphatic heterocycles. The Hall–Kier alpha value is -3.68. The lowest BCUT2D eigenvalue weighted by Crippen LogP contribution is -2.02. The van der Waals surface area contributed by atoms with Crippen molar-refractivity contribution < 1.29 is 24.3 Å². The van der Waals surface area contributed by atoms with Crippen molar-refractivity contribution in [2.75, 3.05) is 14.2 Å². The van der Waals surface area contributed by atoms with Crippen molar-refractivity contribution in [3.63, 3.8) is 0 Å². The molecule has 0 aliphatic carbocycles. The number of non-ortho nitro benzene ring substituents is 1. The van der Waals surface area contributed by atoms with Crippen molar-refractivity contribution >= 4 is 22.6 Å². The molecule has 0 atom stereocenters. The molecule has 0 bridgehead atoms. The molecule has 0 unspecified atom stereocenters. The van der Waals surface area contributed by atoms with Crippen LogP contribution in [0.25, 0.3) is 22.2 Å². The Morgan fingerprint density at radius 3 is 2.42 bits per heavy atom. The summed E-state index contributed by atoms with van der Waals surface area (Å²) in [6.45, 7) is 0. The molecule has 0 aliphatic rings. The summed E-state index contributed by atoms with van der Waals surface area (Å²) in [4.78, 5) is 26.6. The summed E-state index contributed by atoms with van der Waals surface area (Å²) < 4.78 is 10.5. The monoisotopic (exact) mass is 354 g/mol. The molecule has 0 spiro atoms. The molecule has 8 heteroatoms. The minimum atomic E-state index is -1.14. The van der Waals surface area contributed by atoms with Crippen LogP contribution in [-0.4, -0.2) is 35.2 Å². The highest BCUT2D eigenvalue weighted by Crippen LogP contribution is 2.35. The lowest BCUT2D eigenvalue weighted by atomic mass is 10.0. The van der Waals surface area contributed by atoms with Crippen LogP contribution in [0.5, 0.6) is 11.5 Å². The number of carboxylic acid groups (broad SMARTS) is 1. The van der Waals surface area contributed by atoms with Gasteiger partial charge in [0.05, 0.1) is 35.9 Å². The van der Waals surface area contributed by atoms with Gasteiger partial charge in [-0.25, -0.2) is 9.78 Å². The van der Waals surface area contributed by atoms with Gasteiger partial charge in [-0.05, 0) is 12.1 Å². The van der Waals surface area contributed by atoms with Gasteiger partial charge in [0.1, 0.15) is 0 Å². The highest BCUT2D eigenvalue weighted by atomic mass is 16.6. The smallest absolute Gasteiger partial charge is 0.336 e. The molecule has 0 saturated heterocycles. The number of pyridine rings is 1. The molecule has 1 aromatic heterocycles. The van der Waals surface area contributed by atoms with Crippen LogP contribution >= 0.6 is 0 Å². The van der Waals surface area contributed by atoms with Crippen LogP contribution in [0.3, 0.4) is 0 Å². The van der Waals surface area contributed by atoms with Gasteiger partial charge < -0.3 is 14.6 Å². The van der Waals surface area contributed by atoms with Crippen LogP contribution in [0, 0.1) is 10.1 Å². The van der Waals surface area contributed by atoms with Gasteiger partial charge >= 0.3 is 5.97 Å². The summed E-state index contributed by atoms with van der Waals surface area (Å²) in [5.41, 5.74) is 1.04. The van der Waals surface area contributed by atoms with E-state index in [0.717, 1.165) is 0 Å². The summed E-state index contributed by atoms with van der Waals surface area (Å²) in [5.74, 6) is -0.358. The maximum atomic E-state index is 11.7. The van der Waals surface area contributed by atoms with Gasteiger partial charge in [0.25, 0.3) is 5.69 Å². The molecule has 1 heterocycles. The maximum absolute atomic E-state index is 11.7. The number of aromatic nitrogens is 1. The Kier molecular flexibility index (Phi) is 4.40. The fourth-order valence-electron chi connectivity index (χ4n) is 2.66. The van der Waals surface area contributed by atoms with E-state index in [1.807, 2.05) is 0 Å². The first-order valence-electron chi connectivity index (χ1n) is 7.49. The number of nitro groups is 1. The largest absolute Gasteiger partial charge is 0.493 e. The molecule has 2 aromatic carbocycles. The third-order valence-corrected chi connectivity index (χ3v) is 3.90. The van der Waals surface area contributed by atoms with Crippen molar-refractivity contribution in [3.8, 4) is 22.8 Å². The molecule has 3 rings (SSSR count). The number of hydrogen-bond acceptors (Lipinski definition) is 6. The van der Waals surface area contributed by atoms with E-state index in [1.165, 1.54) is 38.5 Å². The minimum absolute atomic E-state index is 0.0115. The van der Waals surface area contributed by atoms with Gasteiger partial charge in [0, 0.05) is 29.1 Å². The SMILES string of the molecule is COc1cc2nc(-c3cccc([N+](=O)[O-])c3)cc(C(=O)O)c2cc1OC. The molecule has 26 heavy (non-hydrogen) atoms. The van der Waals surface area contributed by atoms with Gasteiger partial charge in [-0.3, -0.25) is 10.1 Å². The zero-order valence-corrected chi connectivity index (χ0v) is 13.9. The van der Waals surface area contributed by atoms with Crippen LogP contribution in [0.2, 0.25) is 0 Å². The van der Waals surface area contributed by atoms with Crippen molar-refractivity contribution in [2.24, 2.45) is 0 Å². The molecule has 0 amide bonds. The number of methoxy groups -OCH3 is 2. The van der Waals surface area contributed by atoms with Crippen LogP contribution in [-0.2, 0) is 0 Å². The van der Waals surface area contributed by atoms with E-state index < -0.39 is 10.9 Å². The standard InChI is InChI=1S/C18H14N2O6/c1-25-16-8-12-13(18(21)22)7-14(19-15(12)9-17(16)26-2)10-4-3-5-11(6-10)20(23)24/h3-9H,1-2H3,(H,21,22). The van der Waals surface area contributed by atoms with Crippen LogP contribution in [0.1, 0.15) is 10.4 Å². The number of carbonyl (C=O) groups is 1. The number of aromatic carboxylic acids is 1. The van der Waals surface area contributed by atoms with Gasteiger partial charge in [0.2, 0.25) is 0 Å². The van der Waals surface area contributed by atoms with Crippen LogP contribution < -0.4 is 9.47 Å². The summed E-state index contributed by atoms with van der Waals surface area (Å²) in [6, 6.07) is 10.4. The third-order valence-electron chi connectivity index (χ3n) is 3.90. The topological polar surface area (TPSA) is 112 Å². The zero-order chi connectivity index (χ0) is 18.8. The summed E-state index contributed by atoms with van der Waals surface area (Å²) >= 11 is 0. The zero-order valence-electron chi connectivity index (χ0n) is 13.9. The van der Waals surface area contributed by atoms with E-state index >= 15 is 0 Å². The number of rotatable bonds is 5. The Bertz CT molecular complexity index is 1030. The van der Waals surface area contributed by atoms with E-state index in [0.29, 0.717) is 33.7 Å². The normalized spacial score (nSPS) is 10.5. The first-order chi connectivity index (χ1) is 12.4. The molecular formula is C18H14N2O6. The number of nitrogens with zero attached hydrogens (tertiary/aromatic N) is 2. The van der Waals surface area contributed by atoms with Gasteiger partial charge in [-0.15, -0.1) is 0 Å². The predicted molar refractivity (Wildman–Crippen MR) is 93.9 cm³/mol. The predicted octanol–water partition coefficient (Wildman–Crippen LogP) is 3.53.